The number of hydrogen-bond donors (Lipinski definition) is 1. The maximum Gasteiger partial charge on any atom is 0.347 e. The maximum absolute atomic E-state index is 11.9. The number of amides is 1. The lowest BCUT2D eigenvalue weighted by Crippen LogP contribution is -2.29. The zero-order valence-corrected chi connectivity index (χ0v) is 15.4. The molecule has 0 heterocycles. The molecule has 1 N–H and O–H groups in total. The number of halogens is 3. The summed E-state index contributed by atoms with van der Waals surface area (Å²) in [7, 11) is 0. The molecule has 0 aliphatic carbocycles. The van der Waals surface area contributed by atoms with Crippen molar-refractivity contribution < 1.29 is 19.1 Å². The van der Waals surface area contributed by atoms with E-state index in [0.29, 0.717) is 10.8 Å². The van der Waals surface area contributed by atoms with E-state index in [-0.39, 0.29) is 15.7 Å². The zero-order valence-electron chi connectivity index (χ0n) is 13.1. The molecule has 132 valence electrons. The Balaban J connectivity index is 1.84. The third-order valence-corrected chi connectivity index (χ3v) is 3.91. The van der Waals surface area contributed by atoms with Gasteiger partial charge in [-0.3, -0.25) is 4.79 Å². The number of carbonyl (C=O) groups is 2. The standard InChI is InChI=1S/C17H14Cl3NO4/c1-10(25-12-7-5-11(18)6-8-12)17(23)24-9-15(22)21-16-13(19)3-2-4-14(16)20/h2-8,10H,9H2,1H3,(H,21,22)/t10-/m0/s1. The molecule has 0 aromatic heterocycles. The quantitative estimate of drug-likeness (QED) is 0.717. The number of para-hydroxylation sites is 1. The molecule has 0 fully saturated rings. The number of rotatable bonds is 6. The van der Waals surface area contributed by atoms with Crippen molar-refractivity contribution in [1.82, 2.24) is 0 Å². The molecule has 0 aliphatic rings. The number of benzene rings is 2. The summed E-state index contributed by atoms with van der Waals surface area (Å²) in [5, 5.41) is 3.61. The summed E-state index contributed by atoms with van der Waals surface area (Å²) in [6.07, 6.45) is -0.891. The highest BCUT2D eigenvalue weighted by Crippen LogP contribution is 2.29. The summed E-state index contributed by atoms with van der Waals surface area (Å²) in [6, 6.07) is 11.3. The van der Waals surface area contributed by atoms with Crippen LogP contribution in [0, 0.1) is 0 Å². The van der Waals surface area contributed by atoms with Crippen molar-refractivity contribution in [1.29, 1.82) is 0 Å². The number of nitrogens with one attached hydrogen (secondary N) is 1. The fourth-order valence-corrected chi connectivity index (χ4v) is 2.43. The first-order valence-corrected chi connectivity index (χ1v) is 8.33. The van der Waals surface area contributed by atoms with Gasteiger partial charge in [0.15, 0.2) is 12.7 Å². The zero-order chi connectivity index (χ0) is 18.4. The summed E-state index contributed by atoms with van der Waals surface area (Å²) < 4.78 is 10.3. The number of carbonyl (C=O) groups excluding carboxylic acids is 2. The third kappa shape index (κ3) is 5.81. The smallest absolute Gasteiger partial charge is 0.347 e. The molecule has 0 aliphatic heterocycles. The summed E-state index contributed by atoms with van der Waals surface area (Å²) in [5.41, 5.74) is 0.261. The molecule has 0 spiro atoms. The highest BCUT2D eigenvalue weighted by molar-refractivity contribution is 6.39. The van der Waals surface area contributed by atoms with Crippen LogP contribution in [0.5, 0.6) is 5.75 Å². The van der Waals surface area contributed by atoms with Gasteiger partial charge in [0, 0.05) is 5.02 Å². The normalized spacial score (nSPS) is 11.5. The fraction of sp³-hybridized carbons (Fsp3) is 0.176. The Bertz CT molecular complexity index is 745. The van der Waals surface area contributed by atoms with E-state index in [1.54, 1.807) is 42.5 Å². The van der Waals surface area contributed by atoms with E-state index >= 15 is 0 Å². The van der Waals surface area contributed by atoms with Crippen LogP contribution in [0.2, 0.25) is 15.1 Å². The van der Waals surface area contributed by atoms with E-state index in [0.717, 1.165) is 0 Å². The predicted molar refractivity (Wildman–Crippen MR) is 97.6 cm³/mol. The molecule has 0 radical (unpaired) electrons. The molecule has 2 aromatic rings. The number of esters is 1. The lowest BCUT2D eigenvalue weighted by atomic mass is 10.3. The van der Waals surface area contributed by atoms with Crippen LogP contribution in [-0.2, 0) is 14.3 Å². The summed E-state index contributed by atoms with van der Waals surface area (Å²) in [6.45, 7) is 1.02. The van der Waals surface area contributed by atoms with Gasteiger partial charge in [-0.15, -0.1) is 0 Å². The minimum absolute atomic E-state index is 0.261. The van der Waals surface area contributed by atoms with Crippen molar-refractivity contribution in [2.45, 2.75) is 13.0 Å². The number of hydrogen-bond acceptors (Lipinski definition) is 4. The Morgan fingerprint density at radius 2 is 1.64 bits per heavy atom. The summed E-state index contributed by atoms with van der Waals surface area (Å²) >= 11 is 17.7. The first kappa shape index (κ1) is 19.4. The van der Waals surface area contributed by atoms with Crippen LogP contribution in [0.1, 0.15) is 6.92 Å². The van der Waals surface area contributed by atoms with Gasteiger partial charge in [-0.05, 0) is 43.3 Å². The van der Waals surface area contributed by atoms with Crippen LogP contribution in [0.4, 0.5) is 5.69 Å². The Hall–Kier alpha value is -1.95. The lowest BCUT2D eigenvalue weighted by molar-refractivity contribution is -0.153. The second-order valence-electron chi connectivity index (χ2n) is 4.97. The van der Waals surface area contributed by atoms with Crippen molar-refractivity contribution in [3.05, 3.63) is 57.5 Å². The van der Waals surface area contributed by atoms with Crippen molar-refractivity contribution in [3.63, 3.8) is 0 Å². The predicted octanol–water partition coefficient (Wildman–Crippen LogP) is 4.60. The molecule has 5 nitrogen and oxygen atoms in total. The van der Waals surface area contributed by atoms with Gasteiger partial charge in [-0.25, -0.2) is 4.79 Å². The van der Waals surface area contributed by atoms with Crippen molar-refractivity contribution in [2.75, 3.05) is 11.9 Å². The minimum Gasteiger partial charge on any atom is -0.479 e. The second kappa shape index (κ2) is 8.94. The molecule has 8 heteroatoms. The average molecular weight is 403 g/mol. The molecule has 1 amide bonds. The van der Waals surface area contributed by atoms with E-state index < -0.39 is 24.6 Å². The lowest BCUT2D eigenvalue weighted by Gasteiger charge is -2.14. The van der Waals surface area contributed by atoms with Gasteiger partial charge >= 0.3 is 5.97 Å². The molecular formula is C17H14Cl3NO4. The van der Waals surface area contributed by atoms with E-state index in [9.17, 15) is 9.59 Å². The average Bonchev–Trinajstić information content (AvgIpc) is 2.58. The Morgan fingerprint density at radius 3 is 2.24 bits per heavy atom. The minimum atomic E-state index is -0.891. The topological polar surface area (TPSA) is 64.6 Å². The van der Waals surface area contributed by atoms with E-state index in [1.807, 2.05) is 0 Å². The first-order chi connectivity index (χ1) is 11.9. The molecular weight excluding hydrogens is 389 g/mol. The van der Waals surface area contributed by atoms with Gasteiger partial charge < -0.3 is 14.8 Å². The van der Waals surface area contributed by atoms with Crippen LogP contribution >= 0.6 is 34.8 Å². The van der Waals surface area contributed by atoms with Crippen molar-refractivity contribution in [2.24, 2.45) is 0 Å². The maximum atomic E-state index is 11.9. The fourth-order valence-electron chi connectivity index (χ4n) is 1.81. The SMILES string of the molecule is C[C@H](Oc1ccc(Cl)cc1)C(=O)OCC(=O)Nc1c(Cl)cccc1Cl. The molecule has 2 aromatic carbocycles. The summed E-state index contributed by atoms with van der Waals surface area (Å²) in [4.78, 5) is 23.8. The van der Waals surface area contributed by atoms with Crippen LogP contribution in [0.25, 0.3) is 0 Å². The van der Waals surface area contributed by atoms with Gasteiger partial charge in [-0.1, -0.05) is 40.9 Å². The number of anilines is 1. The largest absolute Gasteiger partial charge is 0.479 e. The highest BCUT2D eigenvalue weighted by atomic mass is 35.5. The van der Waals surface area contributed by atoms with Crippen molar-refractivity contribution >= 4 is 52.4 Å². The van der Waals surface area contributed by atoms with Gasteiger partial charge in [0.05, 0.1) is 15.7 Å². The van der Waals surface area contributed by atoms with Crippen molar-refractivity contribution in [3.8, 4) is 5.75 Å². The van der Waals surface area contributed by atoms with E-state index in [2.05, 4.69) is 5.32 Å². The van der Waals surface area contributed by atoms with Gasteiger partial charge in [0.25, 0.3) is 5.91 Å². The molecule has 25 heavy (non-hydrogen) atoms. The van der Waals surface area contributed by atoms with Crippen LogP contribution in [-0.4, -0.2) is 24.6 Å². The van der Waals surface area contributed by atoms with E-state index in [4.69, 9.17) is 44.3 Å². The monoisotopic (exact) mass is 401 g/mol. The van der Waals surface area contributed by atoms with Crippen LogP contribution in [0.3, 0.4) is 0 Å². The Labute approximate surface area is 159 Å². The third-order valence-electron chi connectivity index (χ3n) is 3.03. The first-order valence-electron chi connectivity index (χ1n) is 7.19. The molecule has 2 rings (SSSR count). The molecule has 0 saturated heterocycles. The second-order valence-corrected chi connectivity index (χ2v) is 6.22. The van der Waals surface area contributed by atoms with Gasteiger partial charge in [0.2, 0.25) is 0 Å². The van der Waals surface area contributed by atoms with Crippen LogP contribution < -0.4 is 10.1 Å². The van der Waals surface area contributed by atoms with Gasteiger partial charge in [0.1, 0.15) is 5.75 Å². The van der Waals surface area contributed by atoms with Crippen LogP contribution in [0.15, 0.2) is 42.5 Å². The highest BCUT2D eigenvalue weighted by Gasteiger charge is 2.18. The molecule has 0 bridgehead atoms. The molecule has 1 atom stereocenters. The Kier molecular flexibility index (Phi) is 6.93. The molecule has 0 saturated carbocycles. The van der Waals surface area contributed by atoms with E-state index in [1.165, 1.54) is 6.92 Å². The summed E-state index contributed by atoms with van der Waals surface area (Å²) in [5.74, 6) is -0.793. The number of ether oxygens (including phenoxy) is 2. The van der Waals surface area contributed by atoms with Gasteiger partial charge in [-0.2, -0.15) is 0 Å². The molecule has 0 unspecified atom stereocenters. The Morgan fingerprint density at radius 1 is 1.04 bits per heavy atom.